The van der Waals surface area contributed by atoms with E-state index in [-0.39, 0.29) is 6.04 Å². The van der Waals surface area contributed by atoms with Crippen LogP contribution in [0.3, 0.4) is 0 Å². The Morgan fingerprint density at radius 1 is 1.25 bits per heavy atom. The van der Waals surface area contributed by atoms with E-state index < -0.39 is 11.7 Å². The Morgan fingerprint density at radius 2 is 2.06 bits per heavy atom. The number of rotatable bonds is 5. The average molecular weight is 447 g/mol. The summed E-state index contributed by atoms with van der Waals surface area (Å²) >= 11 is 0. The van der Waals surface area contributed by atoms with Crippen molar-refractivity contribution in [3.63, 3.8) is 0 Å². The van der Waals surface area contributed by atoms with Crippen molar-refractivity contribution in [2.75, 3.05) is 37.6 Å². The number of anilines is 1. The summed E-state index contributed by atoms with van der Waals surface area (Å²) in [6, 6.07) is 2.71. The van der Waals surface area contributed by atoms with Gasteiger partial charge in [-0.15, -0.1) is 0 Å². The number of hydrogen-bond acceptors (Lipinski definition) is 5. The molecule has 0 amide bonds. The van der Waals surface area contributed by atoms with E-state index in [1.165, 1.54) is 17.2 Å². The predicted molar refractivity (Wildman–Crippen MR) is 119 cm³/mol. The molecule has 2 aromatic rings. The van der Waals surface area contributed by atoms with Crippen LogP contribution in [0, 0.1) is 0 Å². The van der Waals surface area contributed by atoms with Crippen LogP contribution in [0.25, 0.3) is 5.57 Å². The van der Waals surface area contributed by atoms with E-state index in [4.69, 9.17) is 0 Å². The number of nitrogens with one attached hydrogen (secondary N) is 1. The number of alkyl halides is 3. The van der Waals surface area contributed by atoms with E-state index in [2.05, 4.69) is 49.5 Å². The standard InChI is InChI=1S/C23H29F3N6/c1-16(2)31-8-6-18(7-9-31)22-19(12-28-29-22)15-30-10-11-32(17(3)14-30)21-5-4-20(13-27-21)23(24,25)26/h4-6,12-13,17H,1,7-11,14-15H2,2-3H3,(H,28,29)/t17-/m1/s1. The minimum absolute atomic E-state index is 0.140. The molecule has 0 unspecified atom stereocenters. The van der Waals surface area contributed by atoms with Gasteiger partial charge in [-0.3, -0.25) is 10.00 Å². The van der Waals surface area contributed by atoms with Gasteiger partial charge in [-0.25, -0.2) is 4.98 Å². The maximum atomic E-state index is 12.8. The largest absolute Gasteiger partial charge is 0.417 e. The first-order chi connectivity index (χ1) is 15.2. The van der Waals surface area contributed by atoms with Crippen LogP contribution >= 0.6 is 0 Å². The van der Waals surface area contributed by atoms with Crippen molar-refractivity contribution in [3.8, 4) is 0 Å². The molecule has 4 rings (SSSR count). The fraction of sp³-hybridized carbons (Fsp3) is 0.478. The first kappa shape index (κ1) is 22.4. The molecule has 1 N–H and O–H groups in total. The van der Waals surface area contributed by atoms with Crippen molar-refractivity contribution in [2.24, 2.45) is 0 Å². The summed E-state index contributed by atoms with van der Waals surface area (Å²) in [6.45, 7) is 13.0. The second kappa shape index (κ2) is 8.97. The number of nitrogens with zero attached hydrogens (tertiary/aromatic N) is 5. The zero-order valence-electron chi connectivity index (χ0n) is 18.5. The lowest BCUT2D eigenvalue weighted by Gasteiger charge is -2.40. The minimum Gasteiger partial charge on any atom is -0.371 e. The summed E-state index contributed by atoms with van der Waals surface area (Å²) in [6.07, 6.45) is 1.69. The predicted octanol–water partition coefficient (Wildman–Crippen LogP) is 4.16. The lowest BCUT2D eigenvalue weighted by Crippen LogP contribution is -2.51. The van der Waals surface area contributed by atoms with E-state index in [1.54, 1.807) is 0 Å². The van der Waals surface area contributed by atoms with Crippen LogP contribution < -0.4 is 4.90 Å². The topological polar surface area (TPSA) is 51.3 Å². The highest BCUT2D eigenvalue weighted by Gasteiger charge is 2.32. The number of pyridine rings is 1. The van der Waals surface area contributed by atoms with E-state index in [9.17, 15) is 13.2 Å². The van der Waals surface area contributed by atoms with E-state index >= 15 is 0 Å². The maximum Gasteiger partial charge on any atom is 0.417 e. The molecular weight excluding hydrogens is 417 g/mol. The molecule has 0 bridgehead atoms. The maximum absolute atomic E-state index is 12.8. The fourth-order valence-electron chi connectivity index (χ4n) is 4.43. The Morgan fingerprint density at radius 3 is 2.66 bits per heavy atom. The molecule has 1 saturated heterocycles. The molecular formula is C23H29F3N6. The molecule has 2 aliphatic rings. The van der Waals surface area contributed by atoms with Crippen LogP contribution in [0.5, 0.6) is 0 Å². The number of piperazine rings is 1. The summed E-state index contributed by atoms with van der Waals surface area (Å²) in [5.41, 5.74) is 3.83. The van der Waals surface area contributed by atoms with Gasteiger partial charge in [0.1, 0.15) is 5.82 Å². The van der Waals surface area contributed by atoms with Gasteiger partial charge < -0.3 is 9.80 Å². The first-order valence-electron chi connectivity index (χ1n) is 10.9. The van der Waals surface area contributed by atoms with Gasteiger partial charge >= 0.3 is 6.18 Å². The fourth-order valence-corrected chi connectivity index (χ4v) is 4.43. The van der Waals surface area contributed by atoms with Gasteiger partial charge in [-0.2, -0.15) is 18.3 Å². The number of halogens is 3. The molecule has 0 aromatic carbocycles. The van der Waals surface area contributed by atoms with Crippen LogP contribution in [-0.4, -0.2) is 63.7 Å². The van der Waals surface area contributed by atoms with Gasteiger partial charge in [0.2, 0.25) is 0 Å². The highest BCUT2D eigenvalue weighted by atomic mass is 19.4. The lowest BCUT2D eigenvalue weighted by molar-refractivity contribution is -0.137. The molecule has 4 heterocycles. The number of aromatic amines is 1. The third-order valence-electron chi connectivity index (χ3n) is 6.25. The summed E-state index contributed by atoms with van der Waals surface area (Å²) in [5.74, 6) is 0.587. The van der Waals surface area contributed by atoms with Crippen molar-refractivity contribution in [3.05, 3.63) is 59.7 Å². The number of allylic oxidation sites excluding steroid dienone is 1. The van der Waals surface area contributed by atoms with Crippen molar-refractivity contribution in [2.45, 2.75) is 39.0 Å². The number of hydrogen-bond donors (Lipinski definition) is 1. The molecule has 0 spiro atoms. The van der Waals surface area contributed by atoms with Gasteiger partial charge in [0.25, 0.3) is 0 Å². The van der Waals surface area contributed by atoms with Gasteiger partial charge in [-0.05, 0) is 38.0 Å². The van der Waals surface area contributed by atoms with Gasteiger partial charge in [0, 0.05) is 69.0 Å². The van der Waals surface area contributed by atoms with Crippen molar-refractivity contribution >= 4 is 11.4 Å². The summed E-state index contributed by atoms with van der Waals surface area (Å²) in [5, 5.41) is 7.53. The Bertz CT molecular complexity index is 978. The number of H-pyrrole nitrogens is 1. The first-order valence-corrected chi connectivity index (χ1v) is 10.9. The molecule has 6 nitrogen and oxygen atoms in total. The Labute approximate surface area is 186 Å². The smallest absolute Gasteiger partial charge is 0.371 e. The number of aromatic nitrogens is 3. The summed E-state index contributed by atoms with van der Waals surface area (Å²) in [4.78, 5) is 10.8. The van der Waals surface area contributed by atoms with Crippen LogP contribution in [0.15, 0.2) is 42.9 Å². The third kappa shape index (κ3) is 4.82. The third-order valence-corrected chi connectivity index (χ3v) is 6.25. The summed E-state index contributed by atoms with van der Waals surface area (Å²) < 4.78 is 38.4. The van der Waals surface area contributed by atoms with Gasteiger partial charge in [0.15, 0.2) is 0 Å². The molecule has 0 saturated carbocycles. The highest BCUT2D eigenvalue weighted by Crippen LogP contribution is 2.30. The molecule has 172 valence electrons. The zero-order chi connectivity index (χ0) is 22.9. The molecule has 1 fully saturated rings. The van der Waals surface area contributed by atoms with Crippen LogP contribution in [-0.2, 0) is 12.7 Å². The normalized spacial score (nSPS) is 20.4. The molecule has 32 heavy (non-hydrogen) atoms. The van der Waals surface area contributed by atoms with Crippen molar-refractivity contribution < 1.29 is 13.2 Å². The Kier molecular flexibility index (Phi) is 6.28. The van der Waals surface area contributed by atoms with E-state index in [0.29, 0.717) is 12.4 Å². The van der Waals surface area contributed by atoms with Crippen molar-refractivity contribution in [1.29, 1.82) is 0 Å². The molecule has 1 atom stereocenters. The van der Waals surface area contributed by atoms with Gasteiger partial charge in [-0.1, -0.05) is 12.7 Å². The second-order valence-electron chi connectivity index (χ2n) is 8.60. The SMILES string of the molecule is C=C(C)N1CC=C(c2n[nH]cc2CN2CCN(c3ccc(C(F)(F)F)cn3)[C@H](C)C2)CC1. The molecule has 0 radical (unpaired) electrons. The van der Waals surface area contributed by atoms with Crippen LogP contribution in [0.1, 0.15) is 37.1 Å². The van der Waals surface area contributed by atoms with E-state index in [0.717, 1.165) is 62.8 Å². The quantitative estimate of drug-likeness (QED) is 0.748. The zero-order valence-corrected chi connectivity index (χ0v) is 18.5. The van der Waals surface area contributed by atoms with E-state index in [1.807, 2.05) is 13.1 Å². The van der Waals surface area contributed by atoms with Crippen LogP contribution in [0.4, 0.5) is 19.0 Å². The minimum atomic E-state index is -4.37. The average Bonchev–Trinajstić information content (AvgIpc) is 3.21. The second-order valence-corrected chi connectivity index (χ2v) is 8.60. The monoisotopic (exact) mass is 446 g/mol. The van der Waals surface area contributed by atoms with Crippen LogP contribution in [0.2, 0.25) is 0 Å². The Hall–Kier alpha value is -2.81. The molecule has 2 aliphatic heterocycles. The highest BCUT2D eigenvalue weighted by molar-refractivity contribution is 5.66. The molecule has 0 aliphatic carbocycles. The van der Waals surface area contributed by atoms with Crippen molar-refractivity contribution in [1.82, 2.24) is 25.0 Å². The van der Waals surface area contributed by atoms with Gasteiger partial charge in [0.05, 0.1) is 11.3 Å². The molecule has 9 heteroatoms. The lowest BCUT2D eigenvalue weighted by atomic mass is 10.0. The Balaban J connectivity index is 1.38. The summed E-state index contributed by atoms with van der Waals surface area (Å²) in [7, 11) is 0. The molecule has 2 aromatic heterocycles.